The van der Waals surface area contributed by atoms with Crippen LogP contribution in [0.3, 0.4) is 0 Å². The molecule has 0 spiro atoms. The maximum atomic E-state index is 16.0. The highest BCUT2D eigenvalue weighted by molar-refractivity contribution is 6.17. The Morgan fingerprint density at radius 2 is 1.12 bits per heavy atom. The molecule has 0 bridgehead atoms. The van der Waals surface area contributed by atoms with Crippen molar-refractivity contribution < 1.29 is 8.78 Å². The Bertz CT molecular complexity index is 3190. The zero-order valence-electron chi connectivity index (χ0n) is 38.0. The van der Waals surface area contributed by atoms with Gasteiger partial charge in [-0.3, -0.25) is 24.9 Å². The standard InChI is InChI=1S/C48H52F2N16/c1-26-18-63(19-27(2)56-26)39-10-8-35(41-43(39)54-13-12-53-41)45(51-6)60-34-16-38(50)48-62-32(23-66(48)25-34)14-31-17-55-44-40(64-20-28(3)57-29(4)21-64)11-9-36(42(44)59-31)46(52-7)61-33-15-37(49)47-58-30(5)22-65(47)24-33/h8-13,15-17,22-29,56-57H,14,18-21H2,1-7H3,(H,51,60)(H,52,61)/t26-,27+,28-,29-/m1/s1. The highest BCUT2D eigenvalue weighted by atomic mass is 19.1. The number of hydrogen-bond acceptors (Lipinski definition) is 12. The first-order chi connectivity index (χ1) is 31.9. The Labute approximate surface area is 380 Å². The number of pyridine rings is 2. The number of nitrogens with zero attached hydrogens (tertiary/aromatic N) is 12. The molecule has 10 rings (SSSR count). The molecule has 8 heterocycles. The van der Waals surface area contributed by atoms with Gasteiger partial charge in [0.25, 0.3) is 0 Å². The van der Waals surface area contributed by atoms with Gasteiger partial charge >= 0.3 is 0 Å². The summed E-state index contributed by atoms with van der Waals surface area (Å²) in [6.45, 7) is 13.8. The van der Waals surface area contributed by atoms with Gasteiger partial charge in [-0.25, -0.2) is 23.7 Å². The Morgan fingerprint density at radius 1 is 0.621 bits per heavy atom. The largest absolute Gasteiger partial charge is 0.367 e. The zero-order valence-corrected chi connectivity index (χ0v) is 38.0. The van der Waals surface area contributed by atoms with Crippen LogP contribution < -0.4 is 31.1 Å². The number of nitrogens with one attached hydrogen (secondary N) is 4. The van der Waals surface area contributed by atoms with Crippen molar-refractivity contribution in [2.75, 3.05) is 60.7 Å². The lowest BCUT2D eigenvalue weighted by Crippen LogP contribution is -2.54. The number of rotatable bonds is 8. The molecule has 0 unspecified atom stereocenters. The fourth-order valence-electron chi connectivity index (χ4n) is 9.64. The number of aliphatic imine (C=N–C) groups is 2. The summed E-state index contributed by atoms with van der Waals surface area (Å²) >= 11 is 0. The topological polar surface area (TPSA) is 165 Å². The molecule has 0 radical (unpaired) electrons. The van der Waals surface area contributed by atoms with Crippen molar-refractivity contribution in [1.29, 1.82) is 0 Å². The van der Waals surface area contributed by atoms with E-state index in [0.29, 0.717) is 74.3 Å². The van der Waals surface area contributed by atoms with Crippen molar-refractivity contribution in [3.05, 3.63) is 120 Å². The molecule has 18 heteroatoms. The lowest BCUT2D eigenvalue weighted by molar-refractivity contribution is 0.407. The normalized spacial score (nSPS) is 19.7. The fraction of sp³-hybridized carbons (Fsp3) is 0.333. The average Bonchev–Trinajstić information content (AvgIpc) is 3.88. The van der Waals surface area contributed by atoms with E-state index >= 15 is 8.78 Å². The summed E-state index contributed by atoms with van der Waals surface area (Å²) in [5, 5.41) is 13.9. The van der Waals surface area contributed by atoms with Crippen LogP contribution in [0.1, 0.15) is 55.9 Å². The molecule has 2 aliphatic heterocycles. The third-order valence-corrected chi connectivity index (χ3v) is 12.2. The second kappa shape index (κ2) is 17.3. The predicted octanol–water partition coefficient (Wildman–Crippen LogP) is 6.40. The van der Waals surface area contributed by atoms with Gasteiger partial charge in [0.2, 0.25) is 0 Å². The third kappa shape index (κ3) is 8.21. The van der Waals surface area contributed by atoms with E-state index in [1.54, 1.807) is 66.3 Å². The van der Waals surface area contributed by atoms with Gasteiger partial charge in [0.05, 0.1) is 39.8 Å². The number of hydrogen-bond donors (Lipinski definition) is 4. The highest BCUT2D eigenvalue weighted by Crippen LogP contribution is 2.32. The van der Waals surface area contributed by atoms with E-state index in [9.17, 15) is 0 Å². The molecule has 4 atom stereocenters. The molecule has 8 aromatic rings. The van der Waals surface area contributed by atoms with Crippen molar-refractivity contribution in [2.24, 2.45) is 9.98 Å². The Kier molecular flexibility index (Phi) is 11.2. The minimum atomic E-state index is -0.505. The number of fused-ring (bicyclic) bond motifs is 4. The maximum Gasteiger partial charge on any atom is 0.173 e. The van der Waals surface area contributed by atoms with E-state index in [0.717, 1.165) is 48.6 Å². The number of benzene rings is 2. The molecule has 338 valence electrons. The van der Waals surface area contributed by atoms with Crippen LogP contribution in [0, 0.1) is 18.6 Å². The zero-order chi connectivity index (χ0) is 45.8. The van der Waals surface area contributed by atoms with E-state index in [2.05, 4.69) is 85.9 Å². The molecule has 16 nitrogen and oxygen atoms in total. The van der Waals surface area contributed by atoms with Crippen molar-refractivity contribution >= 4 is 67.8 Å². The Hall–Kier alpha value is -7.18. The lowest BCUT2D eigenvalue weighted by Gasteiger charge is -2.38. The number of amidine groups is 2. The summed E-state index contributed by atoms with van der Waals surface area (Å²) in [5.74, 6) is 0.0457. The summed E-state index contributed by atoms with van der Waals surface area (Å²) < 4.78 is 34.5. The van der Waals surface area contributed by atoms with Crippen LogP contribution in [0.25, 0.3) is 33.4 Å². The first-order valence-electron chi connectivity index (χ1n) is 22.3. The van der Waals surface area contributed by atoms with E-state index in [4.69, 9.17) is 24.9 Å². The maximum absolute atomic E-state index is 16.0. The number of piperazine rings is 2. The quantitative estimate of drug-likeness (QED) is 0.0983. The second-order valence-electron chi connectivity index (χ2n) is 17.6. The monoisotopic (exact) mass is 890 g/mol. The second-order valence-corrected chi connectivity index (χ2v) is 17.6. The van der Waals surface area contributed by atoms with Gasteiger partial charge in [0.15, 0.2) is 22.9 Å². The summed E-state index contributed by atoms with van der Waals surface area (Å²) in [6.07, 6.45) is 12.6. The molecule has 4 N–H and O–H groups in total. The molecule has 0 saturated carbocycles. The van der Waals surface area contributed by atoms with Crippen LogP contribution in [0.2, 0.25) is 0 Å². The van der Waals surface area contributed by atoms with Gasteiger partial charge in [-0.05, 0) is 58.9 Å². The summed E-state index contributed by atoms with van der Waals surface area (Å²) in [7, 11) is 3.37. The number of halogens is 2. The smallest absolute Gasteiger partial charge is 0.173 e. The highest BCUT2D eigenvalue weighted by Gasteiger charge is 2.27. The number of aromatic nitrogens is 8. The third-order valence-electron chi connectivity index (χ3n) is 12.2. The average molecular weight is 891 g/mol. The van der Waals surface area contributed by atoms with Crippen molar-refractivity contribution in [2.45, 2.75) is 65.2 Å². The summed E-state index contributed by atoms with van der Waals surface area (Å²) in [4.78, 5) is 42.6. The molecule has 2 aromatic carbocycles. The molecule has 2 saturated heterocycles. The summed E-state index contributed by atoms with van der Waals surface area (Å²) in [6, 6.07) is 12.1. The molecular weight excluding hydrogens is 839 g/mol. The molecule has 2 fully saturated rings. The molecule has 6 aromatic heterocycles. The van der Waals surface area contributed by atoms with Crippen molar-refractivity contribution in [1.82, 2.24) is 49.3 Å². The van der Waals surface area contributed by atoms with Crippen molar-refractivity contribution in [3.8, 4) is 0 Å². The minimum Gasteiger partial charge on any atom is -0.367 e. The van der Waals surface area contributed by atoms with Gasteiger partial charge in [-0.1, -0.05) is 0 Å². The Balaban J connectivity index is 0.961. The van der Waals surface area contributed by atoms with E-state index in [1.165, 1.54) is 12.1 Å². The summed E-state index contributed by atoms with van der Waals surface area (Å²) in [5.41, 5.74) is 9.54. The fourth-order valence-corrected chi connectivity index (χ4v) is 9.64. The van der Waals surface area contributed by atoms with Crippen LogP contribution in [-0.2, 0) is 6.42 Å². The molecule has 2 aliphatic rings. The number of imidazole rings is 2. The first kappa shape index (κ1) is 42.8. The van der Waals surface area contributed by atoms with Crippen LogP contribution in [0.15, 0.2) is 89.8 Å². The van der Waals surface area contributed by atoms with E-state index < -0.39 is 11.6 Å². The van der Waals surface area contributed by atoms with Crippen molar-refractivity contribution in [3.63, 3.8) is 0 Å². The number of anilines is 4. The first-order valence-corrected chi connectivity index (χ1v) is 22.3. The minimum absolute atomic E-state index is 0.172. The van der Waals surface area contributed by atoms with Gasteiger partial charge in [-0.15, -0.1) is 0 Å². The van der Waals surface area contributed by atoms with Crippen LogP contribution in [0.4, 0.5) is 31.5 Å². The van der Waals surface area contributed by atoms with E-state index in [1.807, 2.05) is 19.1 Å². The van der Waals surface area contributed by atoms with Gasteiger partial charge in [0.1, 0.15) is 33.7 Å². The predicted molar refractivity (Wildman–Crippen MR) is 258 cm³/mol. The molecule has 0 aliphatic carbocycles. The number of aryl methyl sites for hydroxylation is 1. The van der Waals surface area contributed by atoms with E-state index in [-0.39, 0.29) is 29.8 Å². The SMILES string of the molecule is CN=C(Nc1cc(F)c2nc(Cc3cnc4c(N5C[C@@H](C)N[C@H](C)C5)ccc(C(=NC)Nc5cc(F)c6nc(C)cn6c5)c4n3)cn2c1)c1ccc(N2C[C@@H](C)N[C@@H](C)C2)c2nccnc12. The molecule has 0 amide bonds. The Morgan fingerprint density at radius 3 is 1.68 bits per heavy atom. The van der Waals surface area contributed by atoms with Gasteiger partial charge in [-0.2, -0.15) is 0 Å². The van der Waals surface area contributed by atoms with Crippen LogP contribution in [-0.4, -0.2) is 115 Å². The molecular formula is C48H52F2N16. The van der Waals surface area contributed by atoms with Crippen LogP contribution in [0.5, 0.6) is 0 Å². The lowest BCUT2D eigenvalue weighted by atomic mass is 10.1. The van der Waals surface area contributed by atoms with Gasteiger partial charge in [0, 0.05) is 138 Å². The van der Waals surface area contributed by atoms with Gasteiger partial charge < -0.3 is 39.9 Å². The van der Waals surface area contributed by atoms with Crippen LogP contribution >= 0.6 is 0 Å². The molecule has 66 heavy (non-hydrogen) atoms.